The van der Waals surface area contributed by atoms with Crippen molar-refractivity contribution in [2.45, 2.75) is 32.4 Å². The van der Waals surface area contributed by atoms with Crippen LogP contribution < -0.4 is 16.0 Å². The standard InChI is InChI=1S/C23H23FN6O4S.C2H6O2/c1-13-19-20(32)29(16-11-18(31)27(2)12-16)23(33)28(22(19)35-21(13)30-25-7-8-26-30)9-6-14-10-15(24)4-5-17(14)34-3;3-1-2-4/h4-5,7-8,10,16H,6,9,11-12H2,1-3H3;3-4H,1-2H2. The summed E-state index contributed by atoms with van der Waals surface area (Å²) in [6, 6.07) is 3.66. The Kier molecular flexibility index (Phi) is 8.57. The lowest BCUT2D eigenvalue weighted by atomic mass is 10.1. The number of amides is 1. The van der Waals surface area contributed by atoms with Crippen LogP contribution in [0.2, 0.25) is 0 Å². The zero-order valence-electron chi connectivity index (χ0n) is 21.7. The predicted molar refractivity (Wildman–Crippen MR) is 142 cm³/mol. The summed E-state index contributed by atoms with van der Waals surface area (Å²) in [7, 11) is 3.15. The number of nitrogens with zero attached hydrogens (tertiary/aromatic N) is 6. The lowest BCUT2D eigenvalue weighted by Crippen LogP contribution is -2.43. The summed E-state index contributed by atoms with van der Waals surface area (Å²) in [4.78, 5) is 43.0. The van der Waals surface area contributed by atoms with Crippen molar-refractivity contribution < 1.29 is 24.1 Å². The van der Waals surface area contributed by atoms with Gasteiger partial charge in [-0.05, 0) is 37.1 Å². The highest BCUT2D eigenvalue weighted by Gasteiger charge is 2.32. The topological polar surface area (TPSA) is 145 Å². The second-order valence-electron chi connectivity index (χ2n) is 8.93. The minimum atomic E-state index is -0.572. The van der Waals surface area contributed by atoms with Gasteiger partial charge in [-0.3, -0.25) is 18.7 Å². The van der Waals surface area contributed by atoms with Gasteiger partial charge >= 0.3 is 5.69 Å². The van der Waals surface area contributed by atoms with Crippen molar-refractivity contribution in [3.05, 3.63) is 68.4 Å². The molecule has 0 spiro atoms. The van der Waals surface area contributed by atoms with E-state index in [1.165, 1.54) is 61.8 Å². The summed E-state index contributed by atoms with van der Waals surface area (Å²) < 4.78 is 22.0. The number of likely N-dealkylation sites (N-methyl/N-ethyl adjacent to an activating group) is 1. The molecule has 1 amide bonds. The van der Waals surface area contributed by atoms with Gasteiger partial charge in [0.1, 0.15) is 21.4 Å². The molecule has 1 aromatic carbocycles. The number of likely N-dealkylation sites (tertiary alicyclic amines) is 1. The quantitative estimate of drug-likeness (QED) is 0.339. The Hall–Kier alpha value is -3.88. The Morgan fingerprint density at radius 1 is 1.15 bits per heavy atom. The normalized spacial score (nSPS) is 15.1. The third kappa shape index (κ3) is 5.48. The number of aryl methyl sites for hydroxylation is 3. The number of ether oxygens (including phenoxy) is 1. The number of aliphatic hydroxyl groups excluding tert-OH is 2. The molecule has 2 N–H and O–H groups in total. The average Bonchev–Trinajstić information content (AvgIpc) is 3.64. The number of halogens is 1. The molecule has 5 rings (SSSR count). The Bertz CT molecular complexity index is 1590. The number of hydrogen-bond donors (Lipinski definition) is 2. The second-order valence-corrected chi connectivity index (χ2v) is 9.90. The number of benzene rings is 1. The SMILES string of the molecule is COc1ccc(F)cc1CCn1c(=O)n(C2CC(=O)N(C)C2)c(=O)c2c(C)c(-n3nccn3)sc21.OCCO. The molecule has 1 fully saturated rings. The Morgan fingerprint density at radius 2 is 1.85 bits per heavy atom. The maximum atomic E-state index is 13.9. The fraction of sp³-hybridized carbons (Fsp3) is 0.400. The number of aliphatic hydroxyl groups is 2. The number of rotatable bonds is 7. The first-order chi connectivity index (χ1) is 18.7. The van der Waals surface area contributed by atoms with Gasteiger partial charge in [0.2, 0.25) is 5.91 Å². The molecule has 0 saturated carbocycles. The van der Waals surface area contributed by atoms with E-state index in [4.69, 9.17) is 14.9 Å². The van der Waals surface area contributed by atoms with Crippen LogP contribution in [-0.4, -0.2) is 79.1 Å². The van der Waals surface area contributed by atoms with E-state index < -0.39 is 23.1 Å². The lowest BCUT2D eigenvalue weighted by molar-refractivity contribution is -0.126. The van der Waals surface area contributed by atoms with Gasteiger partial charge in [0.15, 0.2) is 0 Å². The van der Waals surface area contributed by atoms with Crippen molar-refractivity contribution in [2.24, 2.45) is 0 Å². The number of thiophene rings is 1. The molecule has 3 aromatic heterocycles. The number of aromatic nitrogens is 5. The Morgan fingerprint density at radius 3 is 2.44 bits per heavy atom. The first kappa shape index (κ1) is 28.1. The highest BCUT2D eigenvalue weighted by atomic mass is 32.1. The van der Waals surface area contributed by atoms with Gasteiger partial charge in [-0.25, -0.2) is 9.18 Å². The van der Waals surface area contributed by atoms with Gasteiger partial charge in [0.05, 0.1) is 44.1 Å². The second kappa shape index (κ2) is 11.9. The molecule has 0 bridgehead atoms. The van der Waals surface area contributed by atoms with Crippen LogP contribution in [0.25, 0.3) is 15.2 Å². The first-order valence-corrected chi connectivity index (χ1v) is 13.0. The zero-order valence-corrected chi connectivity index (χ0v) is 22.5. The maximum absolute atomic E-state index is 13.9. The molecule has 12 nitrogen and oxygen atoms in total. The van der Waals surface area contributed by atoms with Crippen LogP contribution in [0.15, 0.2) is 40.2 Å². The van der Waals surface area contributed by atoms with Gasteiger partial charge in [-0.1, -0.05) is 11.3 Å². The Labute approximate surface area is 226 Å². The number of carbonyl (C=O) groups is 1. The molecule has 208 valence electrons. The lowest BCUT2D eigenvalue weighted by Gasteiger charge is -2.17. The van der Waals surface area contributed by atoms with Gasteiger partial charge in [-0.2, -0.15) is 10.2 Å². The Balaban J connectivity index is 0.000000826. The van der Waals surface area contributed by atoms with Gasteiger partial charge in [0, 0.05) is 32.1 Å². The predicted octanol–water partition coefficient (Wildman–Crippen LogP) is 0.878. The summed E-state index contributed by atoms with van der Waals surface area (Å²) in [6.07, 6.45) is 3.44. The van der Waals surface area contributed by atoms with Crippen molar-refractivity contribution in [1.82, 2.24) is 29.0 Å². The number of methoxy groups -OCH3 is 1. The molecule has 1 unspecified atom stereocenters. The molecule has 1 atom stereocenters. The van der Waals surface area contributed by atoms with E-state index in [9.17, 15) is 18.8 Å². The van der Waals surface area contributed by atoms with Crippen LogP contribution in [0.3, 0.4) is 0 Å². The molecule has 1 aliphatic heterocycles. The molecular formula is C25H29FN6O6S. The van der Waals surface area contributed by atoms with Crippen molar-refractivity contribution >= 4 is 27.5 Å². The number of carbonyl (C=O) groups excluding carboxylic acids is 1. The molecule has 39 heavy (non-hydrogen) atoms. The van der Waals surface area contributed by atoms with Crippen molar-refractivity contribution in [3.63, 3.8) is 0 Å². The van der Waals surface area contributed by atoms with Crippen LogP contribution in [0.4, 0.5) is 4.39 Å². The third-order valence-electron chi connectivity index (χ3n) is 6.45. The maximum Gasteiger partial charge on any atom is 0.332 e. The van der Waals surface area contributed by atoms with E-state index in [2.05, 4.69) is 10.2 Å². The van der Waals surface area contributed by atoms with Crippen LogP contribution >= 0.6 is 11.3 Å². The van der Waals surface area contributed by atoms with Crippen molar-refractivity contribution in [3.8, 4) is 10.8 Å². The minimum Gasteiger partial charge on any atom is -0.496 e. The van der Waals surface area contributed by atoms with Crippen LogP contribution in [-0.2, 0) is 17.8 Å². The van der Waals surface area contributed by atoms with Crippen molar-refractivity contribution in [2.75, 3.05) is 33.9 Å². The average molecular weight is 561 g/mol. The van der Waals surface area contributed by atoms with Gasteiger partial charge in [0.25, 0.3) is 5.56 Å². The molecule has 0 aliphatic carbocycles. The van der Waals surface area contributed by atoms with E-state index in [1.807, 2.05) is 0 Å². The fourth-order valence-electron chi connectivity index (χ4n) is 4.57. The first-order valence-electron chi connectivity index (χ1n) is 12.1. The van der Waals surface area contributed by atoms with Crippen molar-refractivity contribution in [1.29, 1.82) is 0 Å². The van der Waals surface area contributed by atoms with E-state index in [-0.39, 0.29) is 38.6 Å². The largest absolute Gasteiger partial charge is 0.496 e. The highest BCUT2D eigenvalue weighted by Crippen LogP contribution is 2.31. The minimum absolute atomic E-state index is 0.0750. The highest BCUT2D eigenvalue weighted by molar-refractivity contribution is 7.21. The molecule has 1 aliphatic rings. The van der Waals surface area contributed by atoms with E-state index in [1.54, 1.807) is 20.0 Å². The number of hydrogen-bond acceptors (Lipinski definition) is 9. The third-order valence-corrected chi connectivity index (χ3v) is 7.73. The van der Waals surface area contributed by atoms with E-state index in [0.717, 1.165) is 0 Å². The molecule has 4 aromatic rings. The monoisotopic (exact) mass is 560 g/mol. The van der Waals surface area contributed by atoms with Crippen LogP contribution in [0.1, 0.15) is 23.6 Å². The zero-order chi connectivity index (χ0) is 28.3. The summed E-state index contributed by atoms with van der Waals surface area (Å²) in [5, 5.41) is 24.6. The molecule has 4 heterocycles. The fourth-order valence-corrected chi connectivity index (χ4v) is 5.81. The van der Waals surface area contributed by atoms with Crippen LogP contribution in [0, 0.1) is 12.7 Å². The summed E-state index contributed by atoms with van der Waals surface area (Å²) in [5.41, 5.74) is 0.301. The van der Waals surface area contributed by atoms with Crippen LogP contribution in [0.5, 0.6) is 5.75 Å². The summed E-state index contributed by atoms with van der Waals surface area (Å²) >= 11 is 1.24. The van der Waals surface area contributed by atoms with E-state index >= 15 is 0 Å². The molecular weight excluding hydrogens is 531 g/mol. The number of fused-ring (bicyclic) bond motifs is 1. The van der Waals surface area contributed by atoms with Gasteiger partial charge < -0.3 is 19.8 Å². The van der Waals surface area contributed by atoms with E-state index in [0.29, 0.717) is 38.5 Å². The molecule has 0 radical (unpaired) electrons. The smallest absolute Gasteiger partial charge is 0.332 e. The summed E-state index contributed by atoms with van der Waals surface area (Å²) in [5.74, 6) is -0.0217. The van der Waals surface area contributed by atoms with Gasteiger partial charge in [-0.15, -0.1) is 4.80 Å². The molecule has 1 saturated heterocycles. The molecule has 14 heteroatoms. The summed E-state index contributed by atoms with van der Waals surface area (Å²) in [6.45, 7) is 1.99.